The second kappa shape index (κ2) is 5.39. The minimum absolute atomic E-state index is 0.0228. The van der Waals surface area contributed by atoms with E-state index in [1.807, 2.05) is 0 Å². The van der Waals surface area contributed by atoms with E-state index < -0.39 is 24.0 Å². The van der Waals surface area contributed by atoms with Crippen LogP contribution in [-0.2, 0) is 6.18 Å². The molecular weight excluding hydrogens is 314 g/mol. The number of pyridine rings is 1. The van der Waals surface area contributed by atoms with E-state index in [9.17, 15) is 26.3 Å². The number of alkyl halides is 6. The number of anilines is 1. The monoisotopic (exact) mass is 322 g/mol. The third kappa shape index (κ3) is 3.80. The minimum atomic E-state index is -4.91. The fourth-order valence-corrected chi connectivity index (χ4v) is 1.70. The van der Waals surface area contributed by atoms with Crippen LogP contribution in [0.3, 0.4) is 0 Å². The van der Waals surface area contributed by atoms with Gasteiger partial charge in [0, 0.05) is 5.56 Å². The van der Waals surface area contributed by atoms with Gasteiger partial charge >= 0.3 is 12.5 Å². The highest BCUT2D eigenvalue weighted by molar-refractivity contribution is 5.73. The Morgan fingerprint density at radius 1 is 0.955 bits per heavy atom. The van der Waals surface area contributed by atoms with Gasteiger partial charge in [0.25, 0.3) is 0 Å². The van der Waals surface area contributed by atoms with Crippen LogP contribution in [0.25, 0.3) is 11.3 Å². The summed E-state index contributed by atoms with van der Waals surface area (Å²) < 4.78 is 78.1. The molecule has 0 atom stereocenters. The molecule has 0 unspecified atom stereocenters. The molecule has 2 rings (SSSR count). The van der Waals surface area contributed by atoms with Gasteiger partial charge in [-0.15, -0.1) is 13.2 Å². The summed E-state index contributed by atoms with van der Waals surface area (Å²) in [4.78, 5) is 3.36. The van der Waals surface area contributed by atoms with Crippen molar-refractivity contribution in [1.82, 2.24) is 4.98 Å². The van der Waals surface area contributed by atoms with Gasteiger partial charge in [0.15, 0.2) is 0 Å². The van der Waals surface area contributed by atoms with Crippen molar-refractivity contribution in [3.8, 4) is 17.0 Å². The molecule has 0 saturated carbocycles. The van der Waals surface area contributed by atoms with Crippen LogP contribution < -0.4 is 10.5 Å². The molecule has 0 aliphatic carbocycles. The summed E-state index contributed by atoms with van der Waals surface area (Å²) in [6, 6.07) is 6.07. The highest BCUT2D eigenvalue weighted by Crippen LogP contribution is 2.33. The Balaban J connectivity index is 2.46. The van der Waals surface area contributed by atoms with Crippen LogP contribution in [-0.4, -0.2) is 11.3 Å². The molecule has 1 aromatic carbocycles. The second-order valence-electron chi connectivity index (χ2n) is 4.21. The predicted octanol–water partition coefficient (Wildman–Crippen LogP) is 4.25. The molecule has 0 aliphatic heterocycles. The van der Waals surface area contributed by atoms with Crippen LogP contribution >= 0.6 is 0 Å². The molecule has 0 aliphatic rings. The van der Waals surface area contributed by atoms with Crippen molar-refractivity contribution < 1.29 is 31.1 Å². The topological polar surface area (TPSA) is 48.1 Å². The number of nitrogens with zero attached hydrogens (tertiary/aromatic N) is 1. The summed E-state index contributed by atoms with van der Waals surface area (Å²) in [6.07, 6.45) is -9.60. The first-order chi connectivity index (χ1) is 10.1. The van der Waals surface area contributed by atoms with Gasteiger partial charge in [-0.1, -0.05) is 12.1 Å². The summed E-state index contributed by atoms with van der Waals surface area (Å²) in [5.74, 6) is -0.580. The Morgan fingerprint density at radius 2 is 1.64 bits per heavy atom. The lowest BCUT2D eigenvalue weighted by molar-refractivity contribution is -0.274. The van der Waals surface area contributed by atoms with E-state index in [0.717, 1.165) is 18.2 Å². The number of hydrogen-bond donors (Lipinski definition) is 1. The zero-order valence-electron chi connectivity index (χ0n) is 10.7. The SMILES string of the molecule is Nc1ccc(C(F)(F)F)nc1-c1cccc(OC(F)(F)F)c1. The lowest BCUT2D eigenvalue weighted by Crippen LogP contribution is -2.17. The van der Waals surface area contributed by atoms with Crippen molar-refractivity contribution in [2.24, 2.45) is 0 Å². The van der Waals surface area contributed by atoms with Crippen LogP contribution in [0.2, 0.25) is 0 Å². The van der Waals surface area contributed by atoms with Crippen molar-refractivity contribution >= 4 is 5.69 Å². The zero-order valence-corrected chi connectivity index (χ0v) is 10.7. The van der Waals surface area contributed by atoms with E-state index in [0.29, 0.717) is 6.07 Å². The van der Waals surface area contributed by atoms with Crippen LogP contribution in [0.4, 0.5) is 32.0 Å². The third-order valence-electron chi connectivity index (χ3n) is 2.56. The number of hydrogen-bond acceptors (Lipinski definition) is 3. The molecule has 0 fully saturated rings. The summed E-state index contributed by atoms with van der Waals surface area (Å²) in [5.41, 5.74) is 3.96. The highest BCUT2D eigenvalue weighted by atomic mass is 19.4. The first-order valence-electron chi connectivity index (χ1n) is 5.76. The van der Waals surface area contributed by atoms with Gasteiger partial charge in [0.05, 0.1) is 11.4 Å². The van der Waals surface area contributed by atoms with E-state index in [1.165, 1.54) is 12.1 Å². The molecule has 0 amide bonds. The third-order valence-corrected chi connectivity index (χ3v) is 2.56. The lowest BCUT2D eigenvalue weighted by atomic mass is 10.1. The van der Waals surface area contributed by atoms with Crippen LogP contribution in [0.5, 0.6) is 5.75 Å². The van der Waals surface area contributed by atoms with Crippen molar-refractivity contribution in [2.45, 2.75) is 12.5 Å². The van der Waals surface area contributed by atoms with Gasteiger partial charge in [0.2, 0.25) is 0 Å². The largest absolute Gasteiger partial charge is 0.573 e. The fourth-order valence-electron chi connectivity index (χ4n) is 1.70. The zero-order chi connectivity index (χ0) is 16.5. The smallest absolute Gasteiger partial charge is 0.406 e. The molecule has 118 valence electrons. The standard InChI is InChI=1S/C13H8F6N2O/c14-12(15,16)10-5-4-9(20)11(21-10)7-2-1-3-8(6-7)22-13(17,18)19/h1-6H,20H2. The summed E-state index contributed by atoms with van der Waals surface area (Å²) in [5, 5.41) is 0. The molecule has 22 heavy (non-hydrogen) atoms. The van der Waals surface area contributed by atoms with Crippen molar-refractivity contribution in [3.05, 3.63) is 42.1 Å². The number of nitrogens with two attached hydrogens (primary N) is 1. The number of aromatic nitrogens is 1. The van der Waals surface area contributed by atoms with Crippen LogP contribution in [0.1, 0.15) is 5.69 Å². The van der Waals surface area contributed by atoms with Crippen molar-refractivity contribution in [2.75, 3.05) is 5.73 Å². The maximum atomic E-state index is 12.6. The van der Waals surface area contributed by atoms with Gasteiger partial charge in [0.1, 0.15) is 11.4 Å². The van der Waals surface area contributed by atoms with E-state index in [4.69, 9.17) is 5.73 Å². The predicted molar refractivity (Wildman–Crippen MR) is 65.8 cm³/mol. The molecule has 1 heterocycles. The number of rotatable bonds is 2. The first-order valence-corrected chi connectivity index (χ1v) is 5.76. The molecule has 2 aromatic rings. The number of ether oxygens (including phenoxy) is 1. The van der Waals surface area contributed by atoms with Gasteiger partial charge in [-0.3, -0.25) is 0 Å². The van der Waals surface area contributed by atoms with E-state index in [-0.39, 0.29) is 16.9 Å². The molecular formula is C13H8F6N2O. The van der Waals surface area contributed by atoms with Crippen LogP contribution in [0.15, 0.2) is 36.4 Å². The molecule has 1 aromatic heterocycles. The Bertz CT molecular complexity index is 681. The summed E-state index contributed by atoms with van der Waals surface area (Å²) in [7, 11) is 0. The van der Waals surface area contributed by atoms with E-state index in [1.54, 1.807) is 0 Å². The maximum Gasteiger partial charge on any atom is 0.573 e. The van der Waals surface area contributed by atoms with E-state index >= 15 is 0 Å². The van der Waals surface area contributed by atoms with Crippen molar-refractivity contribution in [1.29, 1.82) is 0 Å². The number of nitrogen functional groups attached to an aromatic ring is 1. The Kier molecular flexibility index (Phi) is 3.90. The second-order valence-corrected chi connectivity index (χ2v) is 4.21. The quantitative estimate of drug-likeness (QED) is 0.841. The normalized spacial score (nSPS) is 12.3. The first kappa shape index (κ1) is 15.9. The number of benzene rings is 1. The van der Waals surface area contributed by atoms with Gasteiger partial charge < -0.3 is 10.5 Å². The molecule has 2 N–H and O–H groups in total. The van der Waals surface area contributed by atoms with E-state index in [2.05, 4.69) is 9.72 Å². The average Bonchev–Trinajstić information content (AvgIpc) is 2.36. The molecule has 0 radical (unpaired) electrons. The minimum Gasteiger partial charge on any atom is -0.406 e. The molecule has 9 heteroatoms. The average molecular weight is 322 g/mol. The maximum absolute atomic E-state index is 12.6. The number of halogens is 6. The lowest BCUT2D eigenvalue weighted by Gasteiger charge is -2.12. The van der Waals surface area contributed by atoms with Crippen molar-refractivity contribution in [3.63, 3.8) is 0 Å². The molecule has 0 spiro atoms. The van der Waals surface area contributed by atoms with Gasteiger partial charge in [-0.25, -0.2) is 4.98 Å². The van der Waals surface area contributed by atoms with Crippen LogP contribution in [0, 0.1) is 0 Å². The molecule has 0 bridgehead atoms. The van der Waals surface area contributed by atoms with Gasteiger partial charge in [-0.2, -0.15) is 13.2 Å². The Morgan fingerprint density at radius 3 is 2.23 bits per heavy atom. The fraction of sp³-hybridized carbons (Fsp3) is 0.154. The molecule has 0 saturated heterocycles. The Labute approximate surface area is 120 Å². The highest BCUT2D eigenvalue weighted by Gasteiger charge is 2.33. The summed E-state index contributed by atoms with van der Waals surface area (Å²) in [6.45, 7) is 0. The Hall–Kier alpha value is -2.45. The summed E-state index contributed by atoms with van der Waals surface area (Å²) >= 11 is 0. The molecule has 3 nitrogen and oxygen atoms in total. The van der Waals surface area contributed by atoms with Gasteiger partial charge in [-0.05, 0) is 24.3 Å².